The number of para-hydroxylation sites is 1. The van der Waals surface area contributed by atoms with E-state index < -0.39 is 42.0 Å². The average molecular weight is 510 g/mol. The van der Waals surface area contributed by atoms with E-state index in [0.29, 0.717) is 12.1 Å². The van der Waals surface area contributed by atoms with Crippen molar-refractivity contribution < 1.29 is 54.1 Å². The lowest BCUT2D eigenvalue weighted by atomic mass is 10.3. The molecule has 1 amide bonds. The van der Waals surface area contributed by atoms with Gasteiger partial charge in [-0.1, -0.05) is 18.2 Å². The molecule has 0 saturated heterocycles. The highest BCUT2D eigenvalue weighted by Gasteiger charge is 2.32. The molecule has 0 aliphatic rings. The number of halogens is 8. The number of hydrogen-bond donors (Lipinski definition) is 2. The molecule has 14 heteroatoms. The third-order valence-electron chi connectivity index (χ3n) is 3.43. The molecule has 188 valence electrons. The number of ether oxygens (including phenoxy) is 3. The molecule has 0 bridgehead atoms. The van der Waals surface area contributed by atoms with Crippen LogP contribution in [0.1, 0.15) is 0 Å². The highest BCUT2D eigenvalue weighted by Crippen LogP contribution is 2.27. The van der Waals surface area contributed by atoms with Gasteiger partial charge in [-0.05, 0) is 24.3 Å². The molecule has 3 N–H and O–H groups in total. The molecule has 0 aromatic heterocycles. The van der Waals surface area contributed by atoms with E-state index in [1.54, 1.807) is 18.2 Å². The van der Waals surface area contributed by atoms with Crippen molar-refractivity contribution >= 4 is 17.5 Å². The number of benzene rings is 3. The van der Waals surface area contributed by atoms with Gasteiger partial charge in [-0.15, -0.1) is 26.3 Å². The predicted molar refractivity (Wildman–Crippen MR) is 107 cm³/mol. The standard InChI is InChI=1S/C14H9F4NO3.C7H5F4NO/c15-9-6-10(8-12(7-9)22-14(16,17)18)19-13(20)21-11-4-2-1-3-5-11;8-4-1-5(12)3-6(2-4)13-7(9,10)11/h1-8H,(H,19,20);1-3H,12H2. The van der Waals surface area contributed by atoms with Crippen molar-refractivity contribution in [1.82, 2.24) is 0 Å². The van der Waals surface area contributed by atoms with E-state index in [0.717, 1.165) is 24.3 Å². The predicted octanol–water partition coefficient (Wildman–Crippen LogP) is 6.64. The Labute approximate surface area is 191 Å². The van der Waals surface area contributed by atoms with Gasteiger partial charge in [0.1, 0.15) is 28.9 Å². The Kier molecular flexibility index (Phi) is 8.70. The van der Waals surface area contributed by atoms with Crippen molar-refractivity contribution in [3.05, 3.63) is 78.4 Å². The topological polar surface area (TPSA) is 82.8 Å². The van der Waals surface area contributed by atoms with E-state index in [9.17, 15) is 39.9 Å². The quantitative estimate of drug-likeness (QED) is 0.304. The van der Waals surface area contributed by atoms with Gasteiger partial charge >= 0.3 is 18.8 Å². The monoisotopic (exact) mass is 510 g/mol. The minimum absolute atomic E-state index is 0.126. The van der Waals surface area contributed by atoms with E-state index in [4.69, 9.17) is 10.5 Å². The second-order valence-electron chi connectivity index (χ2n) is 6.32. The number of amides is 1. The first-order valence-corrected chi connectivity index (χ1v) is 9.10. The van der Waals surface area contributed by atoms with Crippen molar-refractivity contribution in [3.63, 3.8) is 0 Å². The Hall–Kier alpha value is -4.23. The SMILES string of the molecule is Nc1cc(F)cc(OC(F)(F)F)c1.O=C(Nc1cc(F)cc(OC(F)(F)F)c1)Oc1ccccc1. The summed E-state index contributed by atoms with van der Waals surface area (Å²) in [7, 11) is 0. The zero-order valence-corrected chi connectivity index (χ0v) is 17.1. The molecule has 0 unspecified atom stereocenters. The fourth-order valence-electron chi connectivity index (χ4n) is 2.34. The molecule has 0 fully saturated rings. The van der Waals surface area contributed by atoms with Crippen molar-refractivity contribution in [2.45, 2.75) is 12.7 Å². The van der Waals surface area contributed by atoms with Gasteiger partial charge in [-0.2, -0.15) is 0 Å². The van der Waals surface area contributed by atoms with Crippen LogP contribution in [0.4, 0.5) is 51.3 Å². The van der Waals surface area contributed by atoms with Crippen molar-refractivity contribution in [2.24, 2.45) is 0 Å². The van der Waals surface area contributed by atoms with Gasteiger partial charge in [0.25, 0.3) is 0 Å². The Morgan fingerprint density at radius 1 is 0.714 bits per heavy atom. The van der Waals surface area contributed by atoms with Crippen LogP contribution in [0.25, 0.3) is 0 Å². The highest BCUT2D eigenvalue weighted by atomic mass is 19.4. The van der Waals surface area contributed by atoms with E-state index in [1.165, 1.54) is 12.1 Å². The lowest BCUT2D eigenvalue weighted by Crippen LogP contribution is -2.19. The van der Waals surface area contributed by atoms with Crippen LogP contribution in [0, 0.1) is 11.6 Å². The first kappa shape index (κ1) is 27.0. The maximum atomic E-state index is 13.2. The Morgan fingerprint density at radius 2 is 1.23 bits per heavy atom. The summed E-state index contributed by atoms with van der Waals surface area (Å²) >= 11 is 0. The number of anilines is 2. The fraction of sp³-hybridized carbons (Fsp3) is 0.0952. The Morgan fingerprint density at radius 3 is 1.74 bits per heavy atom. The number of alkyl halides is 6. The zero-order chi connectivity index (χ0) is 26.2. The minimum atomic E-state index is -4.96. The van der Waals surface area contributed by atoms with Gasteiger partial charge in [0.15, 0.2) is 0 Å². The lowest BCUT2D eigenvalue weighted by Gasteiger charge is -2.11. The summed E-state index contributed by atoms with van der Waals surface area (Å²) in [5, 5.41) is 2.11. The summed E-state index contributed by atoms with van der Waals surface area (Å²) in [6.07, 6.45) is -10.8. The number of hydrogen-bond acceptors (Lipinski definition) is 5. The van der Waals surface area contributed by atoms with Crippen LogP contribution in [0.15, 0.2) is 66.7 Å². The normalized spacial score (nSPS) is 11.1. The highest BCUT2D eigenvalue weighted by molar-refractivity contribution is 5.86. The largest absolute Gasteiger partial charge is 0.573 e. The van der Waals surface area contributed by atoms with Crippen LogP contribution in [0.3, 0.4) is 0 Å². The van der Waals surface area contributed by atoms with Crippen LogP contribution in [0.2, 0.25) is 0 Å². The van der Waals surface area contributed by atoms with E-state index in [2.05, 4.69) is 14.8 Å². The fourth-order valence-corrected chi connectivity index (χ4v) is 2.34. The number of carbonyl (C=O) groups is 1. The molecule has 0 spiro atoms. The van der Waals surface area contributed by atoms with Crippen LogP contribution in [-0.4, -0.2) is 18.8 Å². The van der Waals surface area contributed by atoms with Crippen LogP contribution in [-0.2, 0) is 0 Å². The summed E-state index contributed by atoms with van der Waals surface area (Å²) in [6.45, 7) is 0. The van der Waals surface area contributed by atoms with Gasteiger partial charge < -0.3 is 19.9 Å². The van der Waals surface area contributed by atoms with Crippen molar-refractivity contribution in [3.8, 4) is 17.2 Å². The van der Waals surface area contributed by atoms with Gasteiger partial charge in [0.2, 0.25) is 0 Å². The molecule has 3 rings (SSSR count). The van der Waals surface area contributed by atoms with Crippen LogP contribution < -0.4 is 25.3 Å². The van der Waals surface area contributed by atoms with Gasteiger partial charge in [0.05, 0.1) is 5.69 Å². The van der Waals surface area contributed by atoms with Crippen molar-refractivity contribution in [2.75, 3.05) is 11.1 Å². The first-order chi connectivity index (χ1) is 16.2. The second kappa shape index (κ2) is 11.3. The maximum absolute atomic E-state index is 13.2. The van der Waals surface area contributed by atoms with Gasteiger partial charge in [0, 0.05) is 30.0 Å². The third-order valence-corrected chi connectivity index (χ3v) is 3.43. The van der Waals surface area contributed by atoms with E-state index >= 15 is 0 Å². The average Bonchev–Trinajstić information content (AvgIpc) is 2.65. The molecule has 6 nitrogen and oxygen atoms in total. The number of rotatable bonds is 4. The second-order valence-corrected chi connectivity index (χ2v) is 6.32. The number of nitrogen functional groups attached to an aromatic ring is 1. The van der Waals surface area contributed by atoms with E-state index in [1.807, 2.05) is 0 Å². The van der Waals surface area contributed by atoms with Gasteiger partial charge in [-0.25, -0.2) is 13.6 Å². The molecule has 0 aliphatic carbocycles. The molecular formula is C21H14F8N2O4. The smallest absolute Gasteiger partial charge is 0.410 e. The van der Waals surface area contributed by atoms with Crippen LogP contribution in [0.5, 0.6) is 17.2 Å². The molecule has 3 aromatic carbocycles. The summed E-state index contributed by atoms with van der Waals surface area (Å²) in [5.41, 5.74) is 4.73. The third kappa shape index (κ3) is 11.0. The maximum Gasteiger partial charge on any atom is 0.573 e. The lowest BCUT2D eigenvalue weighted by molar-refractivity contribution is -0.275. The van der Waals surface area contributed by atoms with Crippen LogP contribution >= 0.6 is 0 Å². The molecule has 0 atom stereocenters. The molecule has 0 aliphatic heterocycles. The summed E-state index contributed by atoms with van der Waals surface area (Å²) in [4.78, 5) is 11.6. The first-order valence-electron chi connectivity index (χ1n) is 9.10. The molecule has 0 heterocycles. The number of carbonyl (C=O) groups excluding carboxylic acids is 1. The Balaban J connectivity index is 0.000000283. The Bertz CT molecular complexity index is 1120. The molecule has 35 heavy (non-hydrogen) atoms. The zero-order valence-electron chi connectivity index (χ0n) is 17.1. The number of nitrogens with two attached hydrogens (primary N) is 1. The number of nitrogens with one attached hydrogen (secondary N) is 1. The summed E-state index contributed by atoms with van der Waals surface area (Å²) in [6, 6.07) is 12.5. The minimum Gasteiger partial charge on any atom is -0.410 e. The van der Waals surface area contributed by atoms with E-state index in [-0.39, 0.29) is 17.1 Å². The van der Waals surface area contributed by atoms with Gasteiger partial charge in [-0.3, -0.25) is 5.32 Å². The molecule has 0 saturated carbocycles. The molecule has 0 radical (unpaired) electrons. The molecule has 3 aromatic rings. The molecular weight excluding hydrogens is 496 g/mol. The summed E-state index contributed by atoms with van der Waals surface area (Å²) < 4.78 is 109. The van der Waals surface area contributed by atoms with Crippen molar-refractivity contribution in [1.29, 1.82) is 0 Å². The summed E-state index contributed by atoms with van der Waals surface area (Å²) in [5.74, 6) is -3.10.